The normalized spacial score (nSPS) is 17.6. The first-order valence-corrected chi connectivity index (χ1v) is 8.84. The number of nitrogens with zero attached hydrogens (tertiary/aromatic N) is 2. The molecule has 0 saturated carbocycles. The number of rotatable bonds is 6. The maximum absolute atomic E-state index is 12.7. The molecule has 1 saturated heterocycles. The van der Waals surface area contributed by atoms with Gasteiger partial charge in [0.25, 0.3) is 0 Å². The minimum Gasteiger partial charge on any atom is -0.326 e. The Labute approximate surface area is 149 Å². The number of piperidine rings is 1. The first-order valence-electron chi connectivity index (χ1n) is 8.84. The quantitative estimate of drug-likeness (QED) is 0.832. The van der Waals surface area contributed by atoms with E-state index in [0.29, 0.717) is 18.7 Å². The number of hydrogen-bond donors (Lipinski definition) is 2. The Kier molecular flexibility index (Phi) is 6.96. The number of nitriles is 1. The summed E-state index contributed by atoms with van der Waals surface area (Å²) in [4.78, 5) is 26.1. The Balaban J connectivity index is 2.05. The van der Waals surface area contributed by atoms with Gasteiger partial charge >= 0.3 is 0 Å². The van der Waals surface area contributed by atoms with Gasteiger partial charge in [-0.2, -0.15) is 5.26 Å². The minimum absolute atomic E-state index is 0.0105. The van der Waals surface area contributed by atoms with Gasteiger partial charge in [-0.3, -0.25) is 9.59 Å². The number of likely N-dealkylation sites (tertiary alicyclic amines) is 1. The maximum atomic E-state index is 12.7. The Hall–Kier alpha value is -2.39. The van der Waals surface area contributed by atoms with Crippen LogP contribution in [0.3, 0.4) is 0 Å². The molecule has 6 heteroatoms. The highest BCUT2D eigenvalue weighted by atomic mass is 16.2. The van der Waals surface area contributed by atoms with Crippen LogP contribution < -0.4 is 10.6 Å². The molecule has 134 valence electrons. The fourth-order valence-corrected chi connectivity index (χ4v) is 3.20. The zero-order valence-corrected chi connectivity index (χ0v) is 15.0. The van der Waals surface area contributed by atoms with Gasteiger partial charge in [0.1, 0.15) is 0 Å². The lowest BCUT2D eigenvalue weighted by atomic mass is 9.96. The highest BCUT2D eigenvalue weighted by Gasteiger charge is 2.26. The van der Waals surface area contributed by atoms with E-state index in [9.17, 15) is 9.59 Å². The van der Waals surface area contributed by atoms with Crippen LogP contribution in [0.1, 0.15) is 38.7 Å². The molecule has 1 unspecified atom stereocenters. The van der Waals surface area contributed by atoms with Gasteiger partial charge < -0.3 is 15.5 Å². The molecule has 25 heavy (non-hydrogen) atoms. The van der Waals surface area contributed by atoms with Crippen LogP contribution in [0, 0.1) is 17.2 Å². The average molecular weight is 342 g/mol. The van der Waals surface area contributed by atoms with Crippen molar-refractivity contribution in [2.45, 2.75) is 39.5 Å². The van der Waals surface area contributed by atoms with Crippen molar-refractivity contribution in [1.29, 1.82) is 5.26 Å². The smallest absolute Gasteiger partial charge is 0.228 e. The number of carbonyl (C=O) groups excluding carboxylic acids is 2. The number of hydrogen-bond acceptors (Lipinski definition) is 4. The van der Waals surface area contributed by atoms with E-state index >= 15 is 0 Å². The van der Waals surface area contributed by atoms with Crippen molar-refractivity contribution < 1.29 is 9.59 Å². The van der Waals surface area contributed by atoms with E-state index in [1.807, 2.05) is 25.1 Å². The van der Waals surface area contributed by atoms with Crippen LogP contribution in [-0.2, 0) is 16.0 Å². The molecule has 0 radical (unpaired) electrons. The van der Waals surface area contributed by atoms with E-state index in [4.69, 9.17) is 5.26 Å². The summed E-state index contributed by atoms with van der Waals surface area (Å²) in [5, 5.41) is 14.5. The van der Waals surface area contributed by atoms with Crippen LogP contribution in [0.4, 0.5) is 11.4 Å². The third-order valence-corrected chi connectivity index (χ3v) is 4.49. The minimum atomic E-state index is -0.137. The van der Waals surface area contributed by atoms with Gasteiger partial charge in [0.05, 0.1) is 12.0 Å². The molecule has 2 N–H and O–H groups in total. The number of benzene rings is 1. The predicted molar refractivity (Wildman–Crippen MR) is 98.1 cm³/mol. The molecule has 1 aromatic carbocycles. The summed E-state index contributed by atoms with van der Waals surface area (Å²) in [6.45, 7) is 5.86. The van der Waals surface area contributed by atoms with Crippen molar-refractivity contribution in [3.8, 4) is 6.07 Å². The van der Waals surface area contributed by atoms with Crippen LogP contribution in [0.5, 0.6) is 0 Å². The summed E-state index contributed by atoms with van der Waals surface area (Å²) in [5.74, 6) is -0.195. The zero-order chi connectivity index (χ0) is 18.2. The average Bonchev–Trinajstić information content (AvgIpc) is 2.60. The molecule has 0 spiro atoms. The molecular formula is C19H26N4O2. The highest BCUT2D eigenvalue weighted by Crippen LogP contribution is 2.24. The predicted octanol–water partition coefficient (Wildman–Crippen LogP) is 2.77. The van der Waals surface area contributed by atoms with Crippen molar-refractivity contribution in [3.63, 3.8) is 0 Å². The van der Waals surface area contributed by atoms with Gasteiger partial charge in [-0.05, 0) is 43.5 Å². The van der Waals surface area contributed by atoms with E-state index in [0.717, 1.165) is 43.6 Å². The summed E-state index contributed by atoms with van der Waals surface area (Å²) in [6.07, 6.45) is 3.12. The second kappa shape index (κ2) is 9.19. The molecule has 2 amide bonds. The summed E-state index contributed by atoms with van der Waals surface area (Å²) >= 11 is 0. The standard InChI is InChI=1S/C19H26N4O2/c1-3-15-7-8-17(21-14(2)24)12-18(15)22-19(25)16-6-4-10-23(13-16)11-5-9-20/h7-8,12,16H,3-6,10-11,13H2,1-2H3,(H,21,24)(H,22,25). The van der Waals surface area contributed by atoms with Gasteiger partial charge in [-0.25, -0.2) is 0 Å². The van der Waals surface area contributed by atoms with Crippen LogP contribution in [0.2, 0.25) is 0 Å². The topological polar surface area (TPSA) is 85.2 Å². The van der Waals surface area contributed by atoms with Crippen LogP contribution in [0.25, 0.3) is 0 Å². The summed E-state index contributed by atoms with van der Waals surface area (Å²) in [7, 11) is 0. The first-order chi connectivity index (χ1) is 12.0. The van der Waals surface area contributed by atoms with Crippen LogP contribution in [0.15, 0.2) is 18.2 Å². The lowest BCUT2D eigenvalue weighted by Gasteiger charge is -2.31. The number of nitrogens with one attached hydrogen (secondary N) is 2. The fraction of sp³-hybridized carbons (Fsp3) is 0.526. The van der Waals surface area contributed by atoms with E-state index in [2.05, 4.69) is 21.6 Å². The van der Waals surface area contributed by atoms with Crippen molar-refractivity contribution in [3.05, 3.63) is 23.8 Å². The molecule has 6 nitrogen and oxygen atoms in total. The number of aryl methyl sites for hydroxylation is 1. The third-order valence-electron chi connectivity index (χ3n) is 4.49. The second-order valence-corrected chi connectivity index (χ2v) is 6.44. The number of anilines is 2. The number of amides is 2. The lowest BCUT2D eigenvalue weighted by Crippen LogP contribution is -2.41. The van der Waals surface area contributed by atoms with E-state index in [1.165, 1.54) is 6.92 Å². The summed E-state index contributed by atoms with van der Waals surface area (Å²) in [6, 6.07) is 7.75. The van der Waals surface area contributed by atoms with Crippen molar-refractivity contribution >= 4 is 23.2 Å². The van der Waals surface area contributed by atoms with Crippen LogP contribution >= 0.6 is 0 Å². The Morgan fingerprint density at radius 1 is 1.36 bits per heavy atom. The van der Waals surface area contributed by atoms with Crippen molar-refractivity contribution in [1.82, 2.24) is 4.90 Å². The molecule has 1 aromatic rings. The van der Waals surface area contributed by atoms with E-state index in [-0.39, 0.29) is 17.7 Å². The SMILES string of the molecule is CCc1ccc(NC(C)=O)cc1NC(=O)C1CCCN(CCC#N)C1. The molecule has 0 bridgehead atoms. The number of carbonyl (C=O) groups is 2. The molecular weight excluding hydrogens is 316 g/mol. The van der Waals surface area contributed by atoms with Crippen molar-refractivity contribution in [2.75, 3.05) is 30.3 Å². The third kappa shape index (κ3) is 5.57. The Morgan fingerprint density at radius 2 is 2.16 bits per heavy atom. The second-order valence-electron chi connectivity index (χ2n) is 6.44. The summed E-state index contributed by atoms with van der Waals surface area (Å²) in [5.41, 5.74) is 2.48. The van der Waals surface area contributed by atoms with Gasteiger partial charge in [0.2, 0.25) is 11.8 Å². The molecule has 0 aliphatic carbocycles. The molecule has 1 atom stereocenters. The monoisotopic (exact) mass is 342 g/mol. The van der Waals surface area contributed by atoms with Gasteiger partial charge in [0.15, 0.2) is 0 Å². The summed E-state index contributed by atoms with van der Waals surface area (Å²) < 4.78 is 0. The van der Waals surface area contributed by atoms with E-state index in [1.54, 1.807) is 0 Å². The van der Waals surface area contributed by atoms with Crippen molar-refractivity contribution in [2.24, 2.45) is 5.92 Å². The van der Waals surface area contributed by atoms with E-state index < -0.39 is 0 Å². The van der Waals surface area contributed by atoms with Gasteiger partial charge in [-0.1, -0.05) is 13.0 Å². The first kappa shape index (κ1) is 18.9. The van der Waals surface area contributed by atoms with Gasteiger partial charge in [0, 0.05) is 37.8 Å². The van der Waals surface area contributed by atoms with Crippen LogP contribution in [-0.4, -0.2) is 36.3 Å². The fourth-order valence-electron chi connectivity index (χ4n) is 3.20. The maximum Gasteiger partial charge on any atom is 0.228 e. The molecule has 1 heterocycles. The molecule has 1 aliphatic heterocycles. The lowest BCUT2D eigenvalue weighted by molar-refractivity contribution is -0.121. The molecule has 2 rings (SSSR count). The Bertz CT molecular complexity index is 666. The highest BCUT2D eigenvalue weighted by molar-refractivity contribution is 5.95. The zero-order valence-electron chi connectivity index (χ0n) is 15.0. The van der Waals surface area contributed by atoms with Gasteiger partial charge in [-0.15, -0.1) is 0 Å². The molecule has 0 aromatic heterocycles. The largest absolute Gasteiger partial charge is 0.326 e. The molecule has 1 aliphatic rings. The molecule has 1 fully saturated rings. The Morgan fingerprint density at radius 3 is 2.84 bits per heavy atom.